The summed E-state index contributed by atoms with van der Waals surface area (Å²) < 4.78 is 5.95. The number of carbonyl (C=O) groups excluding carboxylic acids is 2. The van der Waals surface area contributed by atoms with Gasteiger partial charge < -0.3 is 20.3 Å². The van der Waals surface area contributed by atoms with E-state index >= 15 is 0 Å². The van der Waals surface area contributed by atoms with Crippen LogP contribution >= 0.6 is 0 Å². The van der Waals surface area contributed by atoms with E-state index in [1.165, 1.54) is 31.2 Å². The number of fused-ring (bicyclic) bond motifs is 1. The Labute approximate surface area is 197 Å². The number of piperidine rings is 1. The molecule has 1 aromatic rings. The molecule has 1 saturated carbocycles. The Hall–Kier alpha value is -2.18. The molecule has 0 aromatic heterocycles. The maximum absolute atomic E-state index is 13.0. The van der Waals surface area contributed by atoms with Crippen LogP contribution in [0.3, 0.4) is 0 Å². The Morgan fingerprint density at radius 3 is 2.76 bits per heavy atom. The molecule has 2 unspecified atom stereocenters. The van der Waals surface area contributed by atoms with Crippen molar-refractivity contribution in [2.45, 2.75) is 95.5 Å². The lowest BCUT2D eigenvalue weighted by Crippen LogP contribution is -2.51. The lowest BCUT2D eigenvalue weighted by molar-refractivity contribution is -0.126. The molecule has 0 radical (unpaired) electrons. The number of carbonyl (C=O) groups is 2. The first kappa shape index (κ1) is 22.6. The first-order valence-corrected chi connectivity index (χ1v) is 12.6. The standard InChI is InChI=1S/C27H37N3O3/c1-17-8-11-23(25(31)28-17)30-16-20-15-18(9-10-21(20)26(30)32)14-19-6-4-5-7-22(19)29-24-12-13-33-27(24,2)3/h9-10,15,19,22-24,29H,1,4-8,11-14,16H2,2-3H3,(H,28,31)/t19-,22+,23?,24?/m1/s1. The number of hydrogen-bond acceptors (Lipinski definition) is 4. The van der Waals surface area contributed by atoms with Crippen molar-refractivity contribution < 1.29 is 14.3 Å². The van der Waals surface area contributed by atoms with Gasteiger partial charge in [0, 0.05) is 36.5 Å². The van der Waals surface area contributed by atoms with Gasteiger partial charge in [0.05, 0.1) is 5.60 Å². The molecule has 4 atom stereocenters. The van der Waals surface area contributed by atoms with E-state index < -0.39 is 6.04 Å². The van der Waals surface area contributed by atoms with E-state index in [0.717, 1.165) is 42.7 Å². The van der Waals surface area contributed by atoms with Gasteiger partial charge in [0.2, 0.25) is 5.91 Å². The van der Waals surface area contributed by atoms with Crippen molar-refractivity contribution >= 4 is 11.8 Å². The first-order valence-electron chi connectivity index (χ1n) is 12.6. The largest absolute Gasteiger partial charge is 0.374 e. The summed E-state index contributed by atoms with van der Waals surface area (Å²) in [7, 11) is 0. The second kappa shape index (κ2) is 8.88. The van der Waals surface area contributed by atoms with E-state index in [9.17, 15) is 9.59 Å². The first-order chi connectivity index (χ1) is 15.8. The third kappa shape index (κ3) is 4.47. The van der Waals surface area contributed by atoms with Crippen LogP contribution in [-0.4, -0.2) is 47.0 Å². The quantitative estimate of drug-likeness (QED) is 0.716. The van der Waals surface area contributed by atoms with Crippen LogP contribution in [0.15, 0.2) is 30.5 Å². The highest BCUT2D eigenvalue weighted by Crippen LogP contribution is 2.34. The topological polar surface area (TPSA) is 70.7 Å². The third-order valence-corrected chi connectivity index (χ3v) is 8.24. The van der Waals surface area contributed by atoms with Gasteiger partial charge in [0.25, 0.3) is 5.91 Å². The number of nitrogens with one attached hydrogen (secondary N) is 2. The van der Waals surface area contributed by atoms with Crippen LogP contribution in [0.4, 0.5) is 0 Å². The van der Waals surface area contributed by atoms with Gasteiger partial charge in [0.15, 0.2) is 0 Å². The second-order valence-corrected chi connectivity index (χ2v) is 10.9. The highest BCUT2D eigenvalue weighted by Gasteiger charge is 2.40. The predicted molar refractivity (Wildman–Crippen MR) is 128 cm³/mol. The van der Waals surface area contributed by atoms with Crippen molar-refractivity contribution in [1.82, 2.24) is 15.5 Å². The summed E-state index contributed by atoms with van der Waals surface area (Å²) in [5.74, 6) is 0.462. The minimum absolute atomic E-state index is 0.0233. The summed E-state index contributed by atoms with van der Waals surface area (Å²) in [5, 5.41) is 6.77. The van der Waals surface area contributed by atoms with Crippen molar-refractivity contribution in [2.24, 2.45) is 5.92 Å². The fourth-order valence-corrected chi connectivity index (χ4v) is 6.24. The van der Waals surface area contributed by atoms with Crippen molar-refractivity contribution in [3.63, 3.8) is 0 Å². The van der Waals surface area contributed by atoms with E-state index in [0.29, 0.717) is 31.0 Å². The zero-order valence-corrected chi connectivity index (χ0v) is 20.0. The second-order valence-electron chi connectivity index (χ2n) is 10.9. The SMILES string of the molecule is C=C1CCC(N2Cc3cc(C[C@H]4CCCC[C@@H]4NC4CCOC4(C)C)ccc3C2=O)C(=O)N1. The van der Waals surface area contributed by atoms with Gasteiger partial charge in [0.1, 0.15) is 6.04 Å². The summed E-state index contributed by atoms with van der Waals surface area (Å²) >= 11 is 0. The van der Waals surface area contributed by atoms with E-state index in [1.807, 2.05) is 6.07 Å². The number of allylic oxidation sites excluding steroid dienone is 1. The van der Waals surface area contributed by atoms with Crippen molar-refractivity contribution in [3.05, 3.63) is 47.2 Å². The third-order valence-electron chi connectivity index (χ3n) is 8.24. The molecule has 1 aromatic carbocycles. The van der Waals surface area contributed by atoms with Gasteiger partial charge in [-0.25, -0.2) is 0 Å². The van der Waals surface area contributed by atoms with Gasteiger partial charge >= 0.3 is 0 Å². The van der Waals surface area contributed by atoms with E-state index in [-0.39, 0.29) is 17.4 Å². The lowest BCUT2D eigenvalue weighted by Gasteiger charge is -2.37. The van der Waals surface area contributed by atoms with Crippen molar-refractivity contribution in [3.8, 4) is 0 Å². The Balaban J connectivity index is 1.27. The van der Waals surface area contributed by atoms with E-state index in [1.54, 1.807) is 4.90 Å². The molecule has 1 aliphatic carbocycles. The molecular formula is C27H37N3O3. The zero-order chi connectivity index (χ0) is 23.2. The van der Waals surface area contributed by atoms with Crippen LogP contribution in [0.5, 0.6) is 0 Å². The normalized spacial score (nSPS) is 31.6. The molecule has 2 N–H and O–H groups in total. The Morgan fingerprint density at radius 1 is 1.18 bits per heavy atom. The van der Waals surface area contributed by atoms with Gasteiger partial charge in [-0.05, 0) is 75.5 Å². The average molecular weight is 452 g/mol. The molecule has 3 fully saturated rings. The Kier molecular flexibility index (Phi) is 6.08. The highest BCUT2D eigenvalue weighted by molar-refractivity contribution is 6.01. The molecular weight excluding hydrogens is 414 g/mol. The highest BCUT2D eigenvalue weighted by atomic mass is 16.5. The average Bonchev–Trinajstić information content (AvgIpc) is 3.28. The summed E-state index contributed by atoms with van der Waals surface area (Å²) in [4.78, 5) is 27.2. The fraction of sp³-hybridized carbons (Fsp3) is 0.630. The van der Waals surface area contributed by atoms with Gasteiger partial charge in [-0.1, -0.05) is 31.6 Å². The van der Waals surface area contributed by atoms with E-state index in [4.69, 9.17) is 4.74 Å². The molecule has 6 nitrogen and oxygen atoms in total. The zero-order valence-electron chi connectivity index (χ0n) is 20.0. The van der Waals surface area contributed by atoms with Crippen LogP contribution in [0.2, 0.25) is 0 Å². The van der Waals surface area contributed by atoms with Crippen molar-refractivity contribution in [1.29, 1.82) is 0 Å². The summed E-state index contributed by atoms with van der Waals surface area (Å²) in [5.41, 5.74) is 3.74. The summed E-state index contributed by atoms with van der Waals surface area (Å²) in [6, 6.07) is 6.83. The number of nitrogens with zero attached hydrogens (tertiary/aromatic N) is 1. The van der Waals surface area contributed by atoms with Crippen LogP contribution < -0.4 is 10.6 Å². The van der Waals surface area contributed by atoms with Gasteiger partial charge in [-0.3, -0.25) is 9.59 Å². The van der Waals surface area contributed by atoms with Crippen molar-refractivity contribution in [2.75, 3.05) is 6.61 Å². The van der Waals surface area contributed by atoms with Gasteiger partial charge in [-0.15, -0.1) is 0 Å². The van der Waals surface area contributed by atoms with E-state index in [2.05, 4.69) is 43.2 Å². The summed E-state index contributed by atoms with van der Waals surface area (Å²) in [6.07, 6.45) is 8.50. The molecule has 0 spiro atoms. The Morgan fingerprint density at radius 2 is 2.00 bits per heavy atom. The predicted octanol–water partition coefficient (Wildman–Crippen LogP) is 3.69. The van der Waals surface area contributed by atoms with Crippen LogP contribution in [-0.2, 0) is 22.5 Å². The number of rotatable bonds is 5. The number of amides is 2. The molecule has 6 heteroatoms. The lowest BCUT2D eigenvalue weighted by atomic mass is 9.79. The molecule has 4 aliphatic rings. The number of hydrogen-bond donors (Lipinski definition) is 2. The minimum Gasteiger partial charge on any atom is -0.374 e. The molecule has 3 heterocycles. The smallest absolute Gasteiger partial charge is 0.255 e. The molecule has 2 amide bonds. The Bertz CT molecular complexity index is 956. The van der Waals surface area contributed by atoms with Crippen LogP contribution in [0.25, 0.3) is 0 Å². The molecule has 0 bridgehead atoms. The number of benzene rings is 1. The summed E-state index contributed by atoms with van der Waals surface area (Å²) in [6.45, 7) is 9.60. The van der Waals surface area contributed by atoms with Crippen LogP contribution in [0.1, 0.15) is 80.3 Å². The number of ether oxygens (including phenoxy) is 1. The maximum Gasteiger partial charge on any atom is 0.255 e. The molecule has 5 rings (SSSR count). The molecule has 33 heavy (non-hydrogen) atoms. The fourth-order valence-electron chi connectivity index (χ4n) is 6.24. The molecule has 3 aliphatic heterocycles. The minimum atomic E-state index is -0.400. The van der Waals surface area contributed by atoms with Gasteiger partial charge in [-0.2, -0.15) is 0 Å². The monoisotopic (exact) mass is 451 g/mol. The van der Waals surface area contributed by atoms with Crippen LogP contribution in [0, 0.1) is 5.92 Å². The molecule has 178 valence electrons. The molecule has 2 saturated heterocycles. The maximum atomic E-state index is 13.0.